The number of hydrogen-bond donors (Lipinski definition) is 1. The molecule has 2 fully saturated rings. The van der Waals surface area contributed by atoms with Crippen molar-refractivity contribution in [2.45, 2.75) is 38.4 Å². The van der Waals surface area contributed by atoms with Crippen LogP contribution in [0.2, 0.25) is 0 Å². The van der Waals surface area contributed by atoms with Crippen molar-refractivity contribution in [1.29, 1.82) is 0 Å². The molecule has 3 heterocycles. The molecular weight excluding hydrogens is 318 g/mol. The summed E-state index contributed by atoms with van der Waals surface area (Å²) in [6.07, 6.45) is 4.79. The largest absolute Gasteiger partial charge is 0.356 e. The van der Waals surface area contributed by atoms with Gasteiger partial charge in [0.25, 0.3) is 5.91 Å². The van der Waals surface area contributed by atoms with Gasteiger partial charge in [-0.15, -0.1) is 0 Å². The quantitative estimate of drug-likeness (QED) is 0.866. The lowest BCUT2D eigenvalue weighted by molar-refractivity contribution is -0.186. The summed E-state index contributed by atoms with van der Waals surface area (Å²) in [7, 11) is 0. The predicted octanol–water partition coefficient (Wildman–Crippen LogP) is 3.02. The minimum atomic E-state index is -0.360. The van der Waals surface area contributed by atoms with Gasteiger partial charge in [0.15, 0.2) is 6.29 Å². The number of para-hydroxylation sites is 1. The highest BCUT2D eigenvalue weighted by Gasteiger charge is 2.23. The highest BCUT2D eigenvalue weighted by atomic mass is 16.8. The first-order valence-electron chi connectivity index (χ1n) is 9.03. The normalized spacial score (nSPS) is 20.8. The number of hydroxylamine groups is 1. The lowest BCUT2D eigenvalue weighted by atomic mass is 10.1. The topological polar surface area (TPSA) is 63.7 Å². The molecule has 1 atom stereocenters. The summed E-state index contributed by atoms with van der Waals surface area (Å²) in [5, 5.41) is 0.949. The smallest absolute Gasteiger partial charge is 0.278 e. The number of pyridine rings is 1. The average Bonchev–Trinajstić information content (AvgIpc) is 3.20. The lowest BCUT2D eigenvalue weighted by Gasteiger charge is -2.23. The van der Waals surface area contributed by atoms with Gasteiger partial charge < -0.3 is 9.64 Å². The van der Waals surface area contributed by atoms with E-state index in [0.29, 0.717) is 12.2 Å². The molecule has 132 valence electrons. The number of benzene rings is 1. The third-order valence-corrected chi connectivity index (χ3v) is 4.78. The molecule has 0 bridgehead atoms. The van der Waals surface area contributed by atoms with Crippen molar-refractivity contribution in [3.63, 3.8) is 0 Å². The van der Waals surface area contributed by atoms with Gasteiger partial charge in [0.1, 0.15) is 5.82 Å². The molecule has 1 amide bonds. The van der Waals surface area contributed by atoms with Crippen LogP contribution in [-0.2, 0) is 9.57 Å². The number of amides is 1. The molecule has 6 heteroatoms. The van der Waals surface area contributed by atoms with E-state index in [4.69, 9.17) is 14.6 Å². The standard InChI is InChI=1S/C19H23N3O3/c23-19(21-25-17-9-3-6-12-24-17)15-13-14-7-1-2-8-16(14)20-18(15)22-10-4-5-11-22/h1-2,7-8,13,17H,3-6,9-12H2,(H,21,23). The summed E-state index contributed by atoms with van der Waals surface area (Å²) in [6, 6.07) is 9.76. The second-order valence-electron chi connectivity index (χ2n) is 6.59. The molecular formula is C19H23N3O3. The SMILES string of the molecule is O=C(NOC1CCCCO1)c1cc2ccccc2nc1N1CCCC1. The van der Waals surface area contributed by atoms with E-state index in [2.05, 4.69) is 10.4 Å². The van der Waals surface area contributed by atoms with Crippen molar-refractivity contribution >= 4 is 22.6 Å². The van der Waals surface area contributed by atoms with Crippen LogP contribution >= 0.6 is 0 Å². The minimum Gasteiger partial charge on any atom is -0.356 e. The Bertz CT molecular complexity index is 753. The molecule has 6 nitrogen and oxygen atoms in total. The average molecular weight is 341 g/mol. The first-order valence-corrected chi connectivity index (χ1v) is 9.03. The van der Waals surface area contributed by atoms with Crippen molar-refractivity contribution in [2.75, 3.05) is 24.6 Å². The Balaban J connectivity index is 1.59. The highest BCUT2D eigenvalue weighted by Crippen LogP contribution is 2.26. The van der Waals surface area contributed by atoms with Crippen LogP contribution in [0.5, 0.6) is 0 Å². The van der Waals surface area contributed by atoms with Gasteiger partial charge in [-0.25, -0.2) is 15.3 Å². The summed E-state index contributed by atoms with van der Waals surface area (Å²) in [4.78, 5) is 25.1. The van der Waals surface area contributed by atoms with Crippen LogP contribution in [0.25, 0.3) is 10.9 Å². The number of fused-ring (bicyclic) bond motifs is 1. The van der Waals surface area contributed by atoms with Gasteiger partial charge in [0, 0.05) is 31.5 Å². The van der Waals surface area contributed by atoms with Crippen LogP contribution in [0.1, 0.15) is 42.5 Å². The molecule has 1 unspecified atom stereocenters. The van der Waals surface area contributed by atoms with E-state index in [1.54, 1.807) is 0 Å². The molecule has 1 aromatic carbocycles. The zero-order valence-electron chi connectivity index (χ0n) is 14.2. The third kappa shape index (κ3) is 3.60. The predicted molar refractivity (Wildman–Crippen MR) is 95.3 cm³/mol. The number of anilines is 1. The number of aromatic nitrogens is 1. The molecule has 2 aliphatic heterocycles. The minimum absolute atomic E-state index is 0.269. The summed E-state index contributed by atoms with van der Waals surface area (Å²) in [5.74, 6) is 0.469. The number of rotatable bonds is 4. The Morgan fingerprint density at radius 1 is 1.20 bits per heavy atom. The molecule has 0 spiro atoms. The summed E-state index contributed by atoms with van der Waals surface area (Å²) < 4.78 is 5.50. The fraction of sp³-hybridized carbons (Fsp3) is 0.474. The second-order valence-corrected chi connectivity index (χ2v) is 6.59. The number of hydrogen-bond acceptors (Lipinski definition) is 5. The van der Waals surface area contributed by atoms with Crippen molar-refractivity contribution < 1.29 is 14.4 Å². The molecule has 2 aromatic rings. The zero-order chi connectivity index (χ0) is 17.1. The first kappa shape index (κ1) is 16.3. The van der Waals surface area contributed by atoms with Crippen molar-refractivity contribution in [2.24, 2.45) is 0 Å². The van der Waals surface area contributed by atoms with Crippen LogP contribution in [0.3, 0.4) is 0 Å². The van der Waals surface area contributed by atoms with Crippen LogP contribution in [0.4, 0.5) is 5.82 Å². The monoisotopic (exact) mass is 341 g/mol. The highest BCUT2D eigenvalue weighted by molar-refractivity contribution is 6.02. The maximum absolute atomic E-state index is 12.8. The van der Waals surface area contributed by atoms with Gasteiger partial charge in [-0.05, 0) is 37.8 Å². The second kappa shape index (κ2) is 7.37. The fourth-order valence-electron chi connectivity index (χ4n) is 3.42. The Morgan fingerprint density at radius 3 is 2.84 bits per heavy atom. The van der Waals surface area contributed by atoms with Gasteiger partial charge in [0.2, 0.25) is 0 Å². The number of nitrogens with zero attached hydrogens (tertiary/aromatic N) is 2. The summed E-state index contributed by atoms with van der Waals surface area (Å²) >= 11 is 0. The Hall–Kier alpha value is -2.18. The van der Waals surface area contributed by atoms with Gasteiger partial charge in [-0.1, -0.05) is 18.2 Å². The van der Waals surface area contributed by atoms with E-state index in [9.17, 15) is 4.79 Å². The van der Waals surface area contributed by atoms with Crippen molar-refractivity contribution in [3.05, 3.63) is 35.9 Å². The van der Waals surface area contributed by atoms with Crippen molar-refractivity contribution in [1.82, 2.24) is 10.5 Å². The number of ether oxygens (including phenoxy) is 1. The van der Waals surface area contributed by atoms with E-state index in [-0.39, 0.29) is 12.2 Å². The molecule has 0 saturated carbocycles. The molecule has 25 heavy (non-hydrogen) atoms. The first-order chi connectivity index (χ1) is 12.3. The van der Waals surface area contributed by atoms with E-state index < -0.39 is 0 Å². The third-order valence-electron chi connectivity index (χ3n) is 4.78. The van der Waals surface area contributed by atoms with Crippen LogP contribution < -0.4 is 10.4 Å². The van der Waals surface area contributed by atoms with Crippen LogP contribution in [-0.4, -0.2) is 36.9 Å². The molecule has 2 saturated heterocycles. The lowest BCUT2D eigenvalue weighted by Crippen LogP contribution is -2.34. The van der Waals surface area contributed by atoms with Crippen LogP contribution in [0, 0.1) is 0 Å². The van der Waals surface area contributed by atoms with Gasteiger partial charge in [-0.2, -0.15) is 0 Å². The van der Waals surface area contributed by atoms with E-state index in [1.807, 2.05) is 30.3 Å². The fourth-order valence-corrected chi connectivity index (χ4v) is 3.42. The molecule has 2 aliphatic rings. The van der Waals surface area contributed by atoms with E-state index >= 15 is 0 Å². The number of nitrogens with one attached hydrogen (secondary N) is 1. The summed E-state index contributed by atoms with van der Waals surface area (Å²) in [5.41, 5.74) is 4.02. The summed E-state index contributed by atoms with van der Waals surface area (Å²) in [6.45, 7) is 2.54. The molecule has 0 aliphatic carbocycles. The van der Waals surface area contributed by atoms with Crippen molar-refractivity contribution in [3.8, 4) is 0 Å². The van der Waals surface area contributed by atoms with Gasteiger partial charge in [0.05, 0.1) is 11.1 Å². The Kier molecular flexibility index (Phi) is 4.81. The van der Waals surface area contributed by atoms with Crippen LogP contribution in [0.15, 0.2) is 30.3 Å². The molecule has 4 rings (SSSR count). The van der Waals surface area contributed by atoms with Gasteiger partial charge >= 0.3 is 0 Å². The van der Waals surface area contributed by atoms with E-state index in [1.165, 1.54) is 0 Å². The maximum atomic E-state index is 12.8. The molecule has 1 N–H and O–H groups in total. The maximum Gasteiger partial charge on any atom is 0.278 e. The number of carbonyl (C=O) groups excluding carboxylic acids is 1. The Morgan fingerprint density at radius 2 is 2.04 bits per heavy atom. The molecule has 1 aromatic heterocycles. The number of carbonyl (C=O) groups is 1. The molecule has 0 radical (unpaired) electrons. The Labute approximate surface area is 147 Å². The van der Waals surface area contributed by atoms with E-state index in [0.717, 1.165) is 61.9 Å². The van der Waals surface area contributed by atoms with Gasteiger partial charge in [-0.3, -0.25) is 4.79 Å². The zero-order valence-corrected chi connectivity index (χ0v) is 14.2.